The van der Waals surface area contributed by atoms with Gasteiger partial charge in [-0.25, -0.2) is 9.78 Å². The maximum absolute atomic E-state index is 11.5. The number of hydrogen-bond donors (Lipinski definition) is 1. The topological polar surface area (TPSA) is 64.4 Å². The second kappa shape index (κ2) is 13.6. The lowest BCUT2D eigenvalue weighted by Crippen LogP contribution is -2.03. The van der Waals surface area contributed by atoms with Gasteiger partial charge in [0.1, 0.15) is 11.6 Å². The van der Waals surface area contributed by atoms with Crippen LogP contribution < -0.4 is 4.74 Å². The van der Waals surface area contributed by atoms with Gasteiger partial charge in [-0.3, -0.25) is 0 Å². The van der Waals surface area contributed by atoms with E-state index in [9.17, 15) is 9.90 Å². The Kier molecular flexibility index (Phi) is 9.42. The van der Waals surface area contributed by atoms with Gasteiger partial charge in [0, 0.05) is 23.3 Å². The third-order valence-corrected chi connectivity index (χ3v) is 7.38. The van der Waals surface area contributed by atoms with Gasteiger partial charge in [0.2, 0.25) is 0 Å². The molecule has 0 aliphatic carbocycles. The first kappa shape index (κ1) is 29.2. The lowest BCUT2D eigenvalue weighted by molar-refractivity contribution is 0.0696. The predicted molar refractivity (Wildman–Crippen MR) is 171 cm³/mol. The van der Waals surface area contributed by atoms with Crippen LogP contribution in [0, 0.1) is 0 Å². The third kappa shape index (κ3) is 7.30. The minimum absolute atomic E-state index is 0.240. The Morgan fingerprint density at radius 1 is 0.929 bits per heavy atom. The summed E-state index contributed by atoms with van der Waals surface area (Å²) >= 11 is 12.6. The van der Waals surface area contributed by atoms with Gasteiger partial charge in [-0.2, -0.15) is 0 Å². The first-order chi connectivity index (χ1) is 20.4. The summed E-state index contributed by atoms with van der Waals surface area (Å²) in [6.07, 6.45) is 8.03. The van der Waals surface area contributed by atoms with Crippen LogP contribution in [0.1, 0.15) is 47.1 Å². The summed E-state index contributed by atoms with van der Waals surface area (Å²) in [5.74, 6) is 0.631. The summed E-state index contributed by atoms with van der Waals surface area (Å²) in [5, 5.41) is 10.5. The van der Waals surface area contributed by atoms with Crippen molar-refractivity contribution in [1.29, 1.82) is 0 Å². The van der Waals surface area contributed by atoms with Crippen LogP contribution in [0.25, 0.3) is 34.5 Å². The number of ether oxygens (including phenoxy) is 1. The lowest BCUT2D eigenvalue weighted by Gasteiger charge is -2.07. The number of carbonyl (C=O) groups is 1. The van der Waals surface area contributed by atoms with Crippen molar-refractivity contribution in [1.82, 2.24) is 9.55 Å². The van der Waals surface area contributed by atoms with Crippen molar-refractivity contribution in [2.75, 3.05) is 6.61 Å². The standard InChI is InChI=1S/C35H30Cl2N2O3/c1-2-3-19-42-30-15-12-27(13-16-30)26-10-7-24(8-11-26)9-18-34-38-33(31-17-14-29(36)21-32(31)37)23-39(34)22-25-5-4-6-28(20-25)35(40)41/h4-18,20-21,23H,2-3,19,22H2,1H3,(H,40,41). The summed E-state index contributed by atoms with van der Waals surface area (Å²) in [6, 6.07) is 28.7. The van der Waals surface area contributed by atoms with Crippen molar-refractivity contribution in [3.8, 4) is 28.1 Å². The maximum Gasteiger partial charge on any atom is 0.335 e. The number of aromatic nitrogens is 2. The van der Waals surface area contributed by atoms with Crippen LogP contribution in [0.4, 0.5) is 0 Å². The normalized spacial score (nSPS) is 11.2. The monoisotopic (exact) mass is 596 g/mol. The molecule has 0 spiro atoms. The molecule has 0 radical (unpaired) electrons. The van der Waals surface area contributed by atoms with Gasteiger partial charge in [0.05, 0.1) is 22.9 Å². The molecule has 0 atom stereocenters. The molecule has 7 heteroatoms. The van der Waals surface area contributed by atoms with Gasteiger partial charge < -0.3 is 14.4 Å². The highest BCUT2D eigenvalue weighted by molar-refractivity contribution is 6.36. The van der Waals surface area contributed by atoms with E-state index in [1.807, 2.05) is 47.2 Å². The van der Waals surface area contributed by atoms with Crippen LogP contribution in [0.5, 0.6) is 5.75 Å². The van der Waals surface area contributed by atoms with Crippen molar-refractivity contribution in [3.05, 3.63) is 130 Å². The molecule has 42 heavy (non-hydrogen) atoms. The minimum atomic E-state index is -0.962. The van der Waals surface area contributed by atoms with Crippen molar-refractivity contribution >= 4 is 41.3 Å². The molecule has 0 aliphatic rings. The van der Waals surface area contributed by atoms with Gasteiger partial charge >= 0.3 is 5.97 Å². The summed E-state index contributed by atoms with van der Waals surface area (Å²) < 4.78 is 7.76. The third-order valence-electron chi connectivity index (χ3n) is 6.83. The fourth-order valence-corrected chi connectivity index (χ4v) is 5.06. The highest BCUT2D eigenvalue weighted by atomic mass is 35.5. The molecule has 0 amide bonds. The molecule has 1 heterocycles. The molecule has 1 N–H and O–H groups in total. The van der Waals surface area contributed by atoms with Gasteiger partial charge in [0.15, 0.2) is 0 Å². The number of hydrogen-bond acceptors (Lipinski definition) is 3. The summed E-state index contributed by atoms with van der Waals surface area (Å²) in [4.78, 5) is 16.4. The van der Waals surface area contributed by atoms with Gasteiger partial charge in [-0.15, -0.1) is 0 Å². The molecule has 5 rings (SSSR count). The van der Waals surface area contributed by atoms with Crippen molar-refractivity contribution in [3.63, 3.8) is 0 Å². The van der Waals surface area contributed by atoms with Gasteiger partial charge in [-0.05, 0) is 77.2 Å². The first-order valence-corrected chi connectivity index (χ1v) is 14.5. The van der Waals surface area contributed by atoms with Crippen LogP contribution in [-0.4, -0.2) is 27.2 Å². The number of benzene rings is 4. The average Bonchev–Trinajstić information content (AvgIpc) is 3.39. The van der Waals surface area contributed by atoms with Crippen LogP contribution in [0.2, 0.25) is 10.0 Å². The van der Waals surface area contributed by atoms with Crippen LogP contribution in [-0.2, 0) is 6.54 Å². The Bertz CT molecular complexity index is 1710. The molecule has 0 saturated heterocycles. The van der Waals surface area contributed by atoms with Gasteiger partial charge in [-0.1, -0.05) is 91.2 Å². The van der Waals surface area contributed by atoms with Crippen molar-refractivity contribution in [2.45, 2.75) is 26.3 Å². The zero-order valence-electron chi connectivity index (χ0n) is 23.1. The van der Waals surface area contributed by atoms with E-state index in [1.165, 1.54) is 0 Å². The first-order valence-electron chi connectivity index (χ1n) is 13.8. The quantitative estimate of drug-likeness (QED) is 0.154. The number of aromatic carboxylic acids is 1. The van der Waals surface area contributed by atoms with Crippen molar-refractivity contribution in [2.24, 2.45) is 0 Å². The molecule has 0 unspecified atom stereocenters. The Hall–Kier alpha value is -4.32. The Labute approximate surface area is 255 Å². The van der Waals surface area contributed by atoms with E-state index in [4.69, 9.17) is 32.9 Å². The molecule has 0 aliphatic heterocycles. The largest absolute Gasteiger partial charge is 0.494 e. The average molecular weight is 598 g/mol. The zero-order chi connectivity index (χ0) is 29.5. The molecule has 212 valence electrons. The Morgan fingerprint density at radius 3 is 2.36 bits per heavy atom. The predicted octanol–water partition coefficient (Wildman–Crippen LogP) is 9.62. The number of carboxylic acids is 1. The molecular formula is C35H30Cl2N2O3. The zero-order valence-corrected chi connectivity index (χ0v) is 24.6. The van der Waals surface area contributed by atoms with Crippen LogP contribution in [0.3, 0.4) is 0 Å². The van der Waals surface area contributed by atoms with E-state index in [0.29, 0.717) is 28.1 Å². The Morgan fingerprint density at radius 2 is 1.67 bits per heavy atom. The second-order valence-electron chi connectivity index (χ2n) is 9.92. The van der Waals surface area contributed by atoms with E-state index in [-0.39, 0.29) is 5.56 Å². The molecule has 1 aromatic heterocycles. The fraction of sp³-hybridized carbons (Fsp3) is 0.143. The van der Waals surface area contributed by atoms with E-state index in [0.717, 1.165) is 53.0 Å². The minimum Gasteiger partial charge on any atom is -0.494 e. The van der Waals surface area contributed by atoms with Crippen LogP contribution in [0.15, 0.2) is 97.2 Å². The molecule has 4 aromatic carbocycles. The maximum atomic E-state index is 11.5. The molecule has 0 saturated carbocycles. The van der Waals surface area contributed by atoms with E-state index < -0.39 is 5.97 Å². The lowest BCUT2D eigenvalue weighted by atomic mass is 10.0. The van der Waals surface area contributed by atoms with Crippen LogP contribution >= 0.6 is 23.2 Å². The number of unbranched alkanes of at least 4 members (excludes halogenated alkanes) is 1. The smallest absolute Gasteiger partial charge is 0.335 e. The van der Waals surface area contributed by atoms with Gasteiger partial charge in [0.25, 0.3) is 0 Å². The van der Waals surface area contributed by atoms with E-state index in [1.54, 1.807) is 30.3 Å². The molecule has 0 fully saturated rings. The summed E-state index contributed by atoms with van der Waals surface area (Å²) in [7, 11) is 0. The molecule has 0 bridgehead atoms. The highest BCUT2D eigenvalue weighted by Gasteiger charge is 2.13. The second-order valence-corrected chi connectivity index (χ2v) is 10.8. The number of nitrogens with zero attached hydrogens (tertiary/aromatic N) is 2. The number of carboxylic acid groups (broad SMARTS) is 1. The SMILES string of the molecule is CCCCOc1ccc(-c2ccc(C=Cc3nc(-c4ccc(Cl)cc4Cl)cn3Cc3cccc(C(=O)O)c3)cc2)cc1. The fourth-order valence-electron chi connectivity index (χ4n) is 4.55. The number of imidazole rings is 1. The van der Waals surface area contributed by atoms with Crippen molar-refractivity contribution < 1.29 is 14.6 Å². The summed E-state index contributed by atoms with van der Waals surface area (Å²) in [5.41, 5.74) is 5.81. The summed E-state index contributed by atoms with van der Waals surface area (Å²) in [6.45, 7) is 3.32. The molecule has 5 aromatic rings. The molecular weight excluding hydrogens is 567 g/mol. The number of halogens is 2. The number of rotatable bonds is 11. The Balaban J connectivity index is 1.39. The highest BCUT2D eigenvalue weighted by Crippen LogP contribution is 2.31. The molecule has 5 nitrogen and oxygen atoms in total. The van der Waals surface area contributed by atoms with E-state index >= 15 is 0 Å². The van der Waals surface area contributed by atoms with E-state index in [2.05, 4.69) is 43.3 Å².